The first-order valence-corrected chi connectivity index (χ1v) is 7.89. The maximum Gasteiger partial charge on any atom is 0.232 e. The van der Waals surface area contributed by atoms with Crippen LogP contribution < -0.4 is 10.0 Å². The Labute approximate surface area is 114 Å². The average Bonchev–Trinajstić information content (AvgIpc) is 2.29. The summed E-state index contributed by atoms with van der Waals surface area (Å²) < 4.78 is 26.2. The molecule has 1 rings (SSSR count). The largest absolute Gasteiger partial charge is 0.320 e. The Morgan fingerprint density at radius 3 is 2.67 bits per heavy atom. The van der Waals surface area contributed by atoms with Crippen LogP contribution in [0.2, 0.25) is 5.02 Å². The number of unbranched alkanes of at least 4 members (excludes halogenated alkanes) is 1. The van der Waals surface area contributed by atoms with Crippen LogP contribution in [-0.4, -0.2) is 27.8 Å². The van der Waals surface area contributed by atoms with E-state index in [2.05, 4.69) is 10.0 Å². The number of benzene rings is 1. The van der Waals surface area contributed by atoms with Gasteiger partial charge in [-0.3, -0.25) is 4.72 Å². The van der Waals surface area contributed by atoms with Gasteiger partial charge < -0.3 is 5.32 Å². The molecule has 0 atom stereocenters. The molecule has 2 N–H and O–H groups in total. The molecule has 4 nitrogen and oxygen atoms in total. The van der Waals surface area contributed by atoms with Crippen molar-refractivity contribution in [3.8, 4) is 0 Å². The van der Waals surface area contributed by atoms with Gasteiger partial charge in [-0.2, -0.15) is 0 Å². The lowest BCUT2D eigenvalue weighted by atomic mass is 10.2. The van der Waals surface area contributed by atoms with Crippen LogP contribution in [0.3, 0.4) is 0 Å². The summed E-state index contributed by atoms with van der Waals surface area (Å²) in [5, 5.41) is 3.40. The fourth-order valence-electron chi connectivity index (χ4n) is 1.53. The zero-order chi connectivity index (χ0) is 13.6. The standard InChI is InChI=1S/C12H19ClN2O2S/c1-10-5-6-11(13)12(9-10)15-18(16,17)8-4-3-7-14-2/h5-6,9,14-15H,3-4,7-8H2,1-2H3. The van der Waals surface area contributed by atoms with Crippen LogP contribution in [0.25, 0.3) is 0 Å². The van der Waals surface area contributed by atoms with Crippen LogP contribution in [0.5, 0.6) is 0 Å². The number of hydrogen-bond acceptors (Lipinski definition) is 3. The van der Waals surface area contributed by atoms with Crippen LogP contribution in [-0.2, 0) is 10.0 Å². The molecule has 1 aromatic rings. The minimum atomic E-state index is -3.32. The molecular formula is C12H19ClN2O2S. The highest BCUT2D eigenvalue weighted by molar-refractivity contribution is 7.92. The lowest BCUT2D eigenvalue weighted by molar-refractivity contribution is 0.595. The number of hydrogen-bond donors (Lipinski definition) is 2. The second-order valence-electron chi connectivity index (χ2n) is 4.21. The average molecular weight is 291 g/mol. The molecule has 0 aliphatic rings. The first kappa shape index (κ1) is 15.3. The third-order valence-electron chi connectivity index (χ3n) is 2.48. The Bertz CT molecular complexity index is 489. The van der Waals surface area contributed by atoms with Crippen LogP contribution in [0.4, 0.5) is 5.69 Å². The van der Waals surface area contributed by atoms with Gasteiger partial charge in [0.05, 0.1) is 16.5 Å². The van der Waals surface area contributed by atoms with Crippen molar-refractivity contribution in [1.29, 1.82) is 0 Å². The van der Waals surface area contributed by atoms with Crippen molar-refractivity contribution in [3.63, 3.8) is 0 Å². The Morgan fingerprint density at radius 2 is 2.00 bits per heavy atom. The van der Waals surface area contributed by atoms with Gasteiger partial charge in [0.15, 0.2) is 0 Å². The third-order valence-corrected chi connectivity index (χ3v) is 4.16. The van der Waals surface area contributed by atoms with E-state index in [0.717, 1.165) is 18.5 Å². The Morgan fingerprint density at radius 1 is 1.28 bits per heavy atom. The summed E-state index contributed by atoms with van der Waals surface area (Å²) in [6.45, 7) is 2.71. The summed E-state index contributed by atoms with van der Waals surface area (Å²) in [7, 11) is -1.47. The topological polar surface area (TPSA) is 58.2 Å². The van der Waals surface area contributed by atoms with Gasteiger partial charge in [-0.1, -0.05) is 17.7 Å². The number of rotatable bonds is 7. The number of nitrogens with one attached hydrogen (secondary N) is 2. The molecule has 0 amide bonds. The normalized spacial score (nSPS) is 11.5. The molecule has 0 unspecified atom stereocenters. The minimum absolute atomic E-state index is 0.110. The molecule has 18 heavy (non-hydrogen) atoms. The summed E-state index contributed by atoms with van der Waals surface area (Å²) in [5.74, 6) is 0.110. The van der Waals surface area contributed by atoms with Gasteiger partial charge in [-0.25, -0.2) is 8.42 Å². The number of anilines is 1. The lowest BCUT2D eigenvalue weighted by Crippen LogP contribution is -2.18. The van der Waals surface area contributed by atoms with Crippen molar-refractivity contribution >= 4 is 27.3 Å². The molecule has 0 spiro atoms. The van der Waals surface area contributed by atoms with E-state index in [4.69, 9.17) is 11.6 Å². The van der Waals surface area contributed by atoms with E-state index >= 15 is 0 Å². The zero-order valence-corrected chi connectivity index (χ0v) is 12.2. The first-order valence-electron chi connectivity index (χ1n) is 5.86. The van der Waals surface area contributed by atoms with E-state index in [1.165, 1.54) is 0 Å². The molecule has 0 fully saturated rings. The molecule has 0 heterocycles. The number of aryl methyl sites for hydroxylation is 1. The van der Waals surface area contributed by atoms with Crippen LogP contribution in [0.15, 0.2) is 18.2 Å². The number of halogens is 1. The maximum atomic E-state index is 11.8. The van der Waals surface area contributed by atoms with E-state index in [-0.39, 0.29) is 5.75 Å². The summed E-state index contributed by atoms with van der Waals surface area (Å²) >= 11 is 5.95. The van der Waals surface area contributed by atoms with Gasteiger partial charge in [0.2, 0.25) is 10.0 Å². The summed E-state index contributed by atoms with van der Waals surface area (Å²) in [4.78, 5) is 0. The van der Waals surface area contributed by atoms with Crippen LogP contribution >= 0.6 is 11.6 Å². The van der Waals surface area contributed by atoms with Crippen molar-refractivity contribution < 1.29 is 8.42 Å². The smallest absolute Gasteiger partial charge is 0.232 e. The van der Waals surface area contributed by atoms with Gasteiger partial charge >= 0.3 is 0 Å². The third kappa shape index (κ3) is 5.25. The van der Waals surface area contributed by atoms with Crippen molar-refractivity contribution in [3.05, 3.63) is 28.8 Å². The summed E-state index contributed by atoms with van der Waals surface area (Å²) in [6, 6.07) is 5.26. The lowest BCUT2D eigenvalue weighted by Gasteiger charge is -2.10. The highest BCUT2D eigenvalue weighted by Crippen LogP contribution is 2.23. The van der Waals surface area contributed by atoms with Crippen LogP contribution in [0.1, 0.15) is 18.4 Å². The van der Waals surface area contributed by atoms with Crippen molar-refractivity contribution in [2.45, 2.75) is 19.8 Å². The molecule has 0 radical (unpaired) electrons. The Hall–Kier alpha value is -0.780. The highest BCUT2D eigenvalue weighted by atomic mass is 35.5. The second kappa shape index (κ2) is 6.97. The first-order chi connectivity index (χ1) is 8.44. The Kier molecular flexibility index (Phi) is 5.91. The van der Waals surface area contributed by atoms with Gasteiger partial charge in [-0.05, 0) is 51.1 Å². The summed E-state index contributed by atoms with van der Waals surface area (Å²) in [6.07, 6.45) is 1.46. The van der Waals surface area contributed by atoms with Crippen LogP contribution in [0, 0.1) is 6.92 Å². The van der Waals surface area contributed by atoms with Crippen molar-refractivity contribution in [2.75, 3.05) is 24.1 Å². The van der Waals surface area contributed by atoms with Gasteiger partial charge in [0.25, 0.3) is 0 Å². The predicted molar refractivity (Wildman–Crippen MR) is 76.8 cm³/mol. The van der Waals surface area contributed by atoms with Gasteiger partial charge in [-0.15, -0.1) is 0 Å². The predicted octanol–water partition coefficient (Wildman–Crippen LogP) is 2.39. The quantitative estimate of drug-likeness (QED) is 0.758. The van der Waals surface area contributed by atoms with Gasteiger partial charge in [0.1, 0.15) is 0 Å². The van der Waals surface area contributed by atoms with Gasteiger partial charge in [0, 0.05) is 0 Å². The minimum Gasteiger partial charge on any atom is -0.320 e. The fourth-order valence-corrected chi connectivity index (χ4v) is 2.94. The molecule has 6 heteroatoms. The molecule has 0 aromatic heterocycles. The Balaban J connectivity index is 2.62. The molecule has 0 bridgehead atoms. The molecule has 0 aliphatic heterocycles. The zero-order valence-electron chi connectivity index (χ0n) is 10.7. The monoisotopic (exact) mass is 290 g/mol. The number of sulfonamides is 1. The molecule has 0 aliphatic carbocycles. The second-order valence-corrected chi connectivity index (χ2v) is 6.46. The molecule has 1 aromatic carbocycles. The van der Waals surface area contributed by atoms with Crippen molar-refractivity contribution in [1.82, 2.24) is 5.32 Å². The maximum absolute atomic E-state index is 11.8. The molecular weight excluding hydrogens is 272 g/mol. The molecule has 102 valence electrons. The summed E-state index contributed by atoms with van der Waals surface area (Å²) in [5.41, 5.74) is 1.41. The fraction of sp³-hybridized carbons (Fsp3) is 0.500. The highest BCUT2D eigenvalue weighted by Gasteiger charge is 2.12. The SMILES string of the molecule is CNCCCCS(=O)(=O)Nc1cc(C)ccc1Cl. The van der Waals surface area contributed by atoms with E-state index in [1.54, 1.807) is 12.1 Å². The van der Waals surface area contributed by atoms with Crippen molar-refractivity contribution in [2.24, 2.45) is 0 Å². The van der Waals surface area contributed by atoms with E-state index in [1.807, 2.05) is 20.0 Å². The van der Waals surface area contributed by atoms with E-state index in [0.29, 0.717) is 17.1 Å². The van der Waals surface area contributed by atoms with E-state index in [9.17, 15) is 8.42 Å². The van der Waals surface area contributed by atoms with E-state index < -0.39 is 10.0 Å². The molecule has 0 saturated carbocycles. The molecule has 0 saturated heterocycles.